The molecular formula is C8H14N2S4. The Bertz CT molecular complexity index is 230. The number of piperazine rings is 1. The normalized spacial score (nSPS) is 27.7. The summed E-state index contributed by atoms with van der Waals surface area (Å²) < 4.78 is 1.32. The fourth-order valence-corrected chi connectivity index (χ4v) is 2.73. The van der Waals surface area contributed by atoms with Crippen LogP contribution < -0.4 is 0 Å². The van der Waals surface area contributed by atoms with Crippen LogP contribution >= 0.6 is 49.7 Å². The van der Waals surface area contributed by atoms with Crippen molar-refractivity contribution in [2.75, 3.05) is 13.1 Å². The van der Waals surface area contributed by atoms with Crippen LogP contribution in [0.5, 0.6) is 0 Å². The van der Waals surface area contributed by atoms with Crippen molar-refractivity contribution in [2.45, 2.75) is 25.9 Å². The van der Waals surface area contributed by atoms with Gasteiger partial charge >= 0.3 is 0 Å². The zero-order valence-corrected chi connectivity index (χ0v) is 11.6. The predicted molar refractivity (Wildman–Crippen MR) is 75.5 cm³/mol. The van der Waals surface area contributed by atoms with Crippen LogP contribution in [0.15, 0.2) is 0 Å². The molecule has 1 rings (SSSR count). The minimum absolute atomic E-state index is 0.348. The first-order valence-electron chi connectivity index (χ1n) is 4.42. The molecule has 1 aliphatic heterocycles. The molecule has 0 radical (unpaired) electrons. The summed E-state index contributed by atoms with van der Waals surface area (Å²) in [6, 6.07) is 0.697. The summed E-state index contributed by atoms with van der Waals surface area (Å²) in [4.78, 5) is 4.23. The maximum atomic E-state index is 5.07. The molecule has 0 aromatic heterocycles. The Morgan fingerprint density at radius 3 is 1.50 bits per heavy atom. The van der Waals surface area contributed by atoms with Crippen molar-refractivity contribution in [3.63, 3.8) is 0 Å². The van der Waals surface area contributed by atoms with Crippen molar-refractivity contribution >= 4 is 58.3 Å². The summed E-state index contributed by atoms with van der Waals surface area (Å²) in [6.45, 7) is 5.97. The predicted octanol–water partition coefficient (Wildman–Crippen LogP) is 1.81. The number of hydrogen-bond donors (Lipinski definition) is 2. The van der Waals surface area contributed by atoms with Gasteiger partial charge in [-0.05, 0) is 13.8 Å². The van der Waals surface area contributed by atoms with Gasteiger partial charge in [-0.1, -0.05) is 24.4 Å². The average molecular weight is 266 g/mol. The quantitative estimate of drug-likeness (QED) is 0.510. The fraction of sp³-hybridized carbons (Fsp3) is 0.750. The van der Waals surface area contributed by atoms with Gasteiger partial charge in [-0.25, -0.2) is 0 Å². The van der Waals surface area contributed by atoms with Crippen molar-refractivity contribution < 1.29 is 0 Å². The third-order valence-electron chi connectivity index (χ3n) is 2.48. The van der Waals surface area contributed by atoms with E-state index in [1.165, 1.54) is 0 Å². The van der Waals surface area contributed by atoms with Gasteiger partial charge in [0.05, 0.1) is 0 Å². The highest BCUT2D eigenvalue weighted by atomic mass is 32.1. The highest BCUT2D eigenvalue weighted by Gasteiger charge is 2.29. The Morgan fingerprint density at radius 2 is 1.29 bits per heavy atom. The van der Waals surface area contributed by atoms with E-state index in [4.69, 9.17) is 24.4 Å². The molecule has 0 aromatic carbocycles. The van der Waals surface area contributed by atoms with Gasteiger partial charge in [-0.3, -0.25) is 0 Å². The first-order valence-corrected chi connectivity index (χ1v) is 6.13. The van der Waals surface area contributed by atoms with Gasteiger partial charge in [0.2, 0.25) is 0 Å². The van der Waals surface area contributed by atoms with E-state index >= 15 is 0 Å². The summed E-state index contributed by atoms with van der Waals surface area (Å²) in [5.41, 5.74) is 0. The lowest BCUT2D eigenvalue weighted by atomic mass is 10.1. The van der Waals surface area contributed by atoms with Crippen LogP contribution in [0.2, 0.25) is 0 Å². The zero-order valence-electron chi connectivity index (χ0n) is 8.17. The molecule has 0 N–H and O–H groups in total. The zero-order chi connectivity index (χ0) is 10.9. The molecule has 0 unspecified atom stereocenters. The van der Waals surface area contributed by atoms with Gasteiger partial charge < -0.3 is 9.80 Å². The molecule has 0 aromatic rings. The van der Waals surface area contributed by atoms with Crippen molar-refractivity contribution in [2.24, 2.45) is 0 Å². The minimum Gasteiger partial charge on any atom is -0.351 e. The summed E-state index contributed by atoms with van der Waals surface area (Å²) in [5.74, 6) is 0. The standard InChI is InChI=1S/C8H14N2S4/c1-5-3-10(8(13)14)6(2)4-9(5)7(11)12/h5-6H,3-4H2,1-2H3,(H,11,12)(H,13,14)/t5-,6-/m1/s1. The first-order chi connectivity index (χ1) is 6.43. The van der Waals surface area contributed by atoms with Gasteiger partial charge in [0.25, 0.3) is 0 Å². The largest absolute Gasteiger partial charge is 0.351 e. The number of rotatable bonds is 0. The van der Waals surface area contributed by atoms with E-state index in [2.05, 4.69) is 48.9 Å². The monoisotopic (exact) mass is 266 g/mol. The van der Waals surface area contributed by atoms with E-state index in [1.807, 2.05) is 0 Å². The Hall–Kier alpha value is 0.480. The number of hydrogen-bond acceptors (Lipinski definition) is 2. The van der Waals surface area contributed by atoms with Crippen LogP contribution in [0.3, 0.4) is 0 Å². The molecule has 6 heteroatoms. The average Bonchev–Trinajstić information content (AvgIpc) is 2.07. The van der Waals surface area contributed by atoms with Crippen molar-refractivity contribution in [1.82, 2.24) is 9.80 Å². The Morgan fingerprint density at radius 1 is 1.00 bits per heavy atom. The molecule has 1 saturated heterocycles. The number of nitrogens with zero attached hydrogens (tertiary/aromatic N) is 2. The van der Waals surface area contributed by atoms with Crippen LogP contribution in [-0.2, 0) is 0 Å². The third-order valence-corrected chi connectivity index (χ3v) is 3.46. The van der Waals surface area contributed by atoms with Crippen molar-refractivity contribution in [3.05, 3.63) is 0 Å². The van der Waals surface area contributed by atoms with E-state index in [0.29, 0.717) is 20.7 Å². The van der Waals surface area contributed by atoms with Crippen molar-refractivity contribution in [1.29, 1.82) is 0 Å². The van der Waals surface area contributed by atoms with Gasteiger partial charge in [0.15, 0.2) is 0 Å². The topological polar surface area (TPSA) is 6.48 Å². The van der Waals surface area contributed by atoms with Gasteiger partial charge in [-0.2, -0.15) is 0 Å². The van der Waals surface area contributed by atoms with E-state index < -0.39 is 0 Å². The smallest absolute Gasteiger partial charge is 0.133 e. The van der Waals surface area contributed by atoms with Crippen LogP contribution in [0.1, 0.15) is 13.8 Å². The number of thiocarbonyl (C=S) groups is 2. The summed E-state index contributed by atoms with van der Waals surface area (Å²) >= 11 is 18.6. The van der Waals surface area contributed by atoms with E-state index in [1.54, 1.807) is 0 Å². The fourth-order valence-electron chi connectivity index (χ4n) is 1.66. The van der Waals surface area contributed by atoms with Crippen LogP contribution in [0.4, 0.5) is 0 Å². The molecule has 1 fully saturated rings. The van der Waals surface area contributed by atoms with Gasteiger partial charge in [0, 0.05) is 25.2 Å². The minimum atomic E-state index is 0.348. The molecule has 14 heavy (non-hydrogen) atoms. The SMILES string of the molecule is C[C@@H]1CN(C(=S)S)[C@H](C)CN1C(=S)S. The number of thiol groups is 2. The lowest BCUT2D eigenvalue weighted by molar-refractivity contribution is 0.155. The molecule has 80 valence electrons. The van der Waals surface area contributed by atoms with Crippen LogP contribution in [0.25, 0.3) is 0 Å². The molecule has 1 aliphatic rings. The maximum Gasteiger partial charge on any atom is 0.133 e. The molecule has 2 nitrogen and oxygen atoms in total. The third kappa shape index (κ3) is 2.74. The van der Waals surface area contributed by atoms with Gasteiger partial charge in [-0.15, -0.1) is 25.3 Å². The summed E-state index contributed by atoms with van der Waals surface area (Å²) in [6.07, 6.45) is 0. The maximum absolute atomic E-state index is 5.07. The first kappa shape index (κ1) is 12.5. The Labute approximate surface area is 107 Å². The van der Waals surface area contributed by atoms with Crippen LogP contribution in [0, 0.1) is 0 Å². The highest BCUT2D eigenvalue weighted by molar-refractivity contribution is 8.11. The van der Waals surface area contributed by atoms with E-state index in [9.17, 15) is 0 Å². The second-order valence-corrected chi connectivity index (χ2v) is 5.79. The van der Waals surface area contributed by atoms with Crippen molar-refractivity contribution in [3.8, 4) is 0 Å². The molecule has 2 atom stereocenters. The second kappa shape index (κ2) is 5.01. The molecular weight excluding hydrogens is 252 g/mol. The lowest BCUT2D eigenvalue weighted by Crippen LogP contribution is -2.57. The lowest BCUT2D eigenvalue weighted by Gasteiger charge is -2.44. The molecule has 0 amide bonds. The summed E-state index contributed by atoms with van der Waals surface area (Å²) in [5, 5.41) is 0. The highest BCUT2D eigenvalue weighted by Crippen LogP contribution is 2.18. The molecule has 0 saturated carbocycles. The van der Waals surface area contributed by atoms with E-state index in [-0.39, 0.29) is 0 Å². The Kier molecular flexibility index (Phi) is 4.49. The molecule has 0 spiro atoms. The Balaban J connectivity index is 2.71. The molecule has 1 heterocycles. The van der Waals surface area contributed by atoms with E-state index in [0.717, 1.165) is 13.1 Å². The van der Waals surface area contributed by atoms with Gasteiger partial charge in [0.1, 0.15) is 8.64 Å². The molecule has 0 aliphatic carbocycles. The van der Waals surface area contributed by atoms with Crippen LogP contribution in [-0.4, -0.2) is 43.6 Å². The second-order valence-electron chi connectivity index (χ2n) is 3.57. The molecule has 0 bridgehead atoms. The summed E-state index contributed by atoms with van der Waals surface area (Å²) in [7, 11) is 0.